The van der Waals surface area contributed by atoms with E-state index in [0.717, 1.165) is 35.5 Å². The Hall–Kier alpha value is -2.47. The molecule has 5 nitrogen and oxygen atoms in total. The van der Waals surface area contributed by atoms with Crippen LogP contribution in [0.3, 0.4) is 0 Å². The van der Waals surface area contributed by atoms with E-state index in [9.17, 15) is 9.59 Å². The van der Waals surface area contributed by atoms with Gasteiger partial charge in [-0.1, -0.05) is 25.1 Å². The first-order valence-corrected chi connectivity index (χ1v) is 11.2. The number of nitrogens with zero attached hydrogens (tertiary/aromatic N) is 3. The second-order valence-corrected chi connectivity index (χ2v) is 8.95. The maximum Gasteiger partial charge on any atom is 0.263 e. The lowest BCUT2D eigenvalue weighted by molar-refractivity contribution is -0.132. The van der Waals surface area contributed by atoms with E-state index in [1.165, 1.54) is 46.2 Å². The molecule has 0 aliphatic heterocycles. The molecule has 0 bridgehead atoms. The third-order valence-corrected chi connectivity index (χ3v) is 6.59. The summed E-state index contributed by atoms with van der Waals surface area (Å²) < 4.78 is 1.47. The smallest absolute Gasteiger partial charge is 0.263 e. The Labute approximate surface area is 175 Å². The summed E-state index contributed by atoms with van der Waals surface area (Å²) in [6.07, 6.45) is 4.85. The largest absolute Gasteiger partial charge is 0.341 e. The van der Waals surface area contributed by atoms with Crippen molar-refractivity contribution in [2.45, 2.75) is 46.6 Å². The molecule has 1 aliphatic carbocycles. The average Bonchev–Trinajstić information content (AvgIpc) is 3.41. The lowest BCUT2D eigenvalue weighted by Crippen LogP contribution is -2.38. The summed E-state index contributed by atoms with van der Waals surface area (Å²) in [6.45, 7) is 7.83. The predicted molar refractivity (Wildman–Crippen MR) is 118 cm³/mol. The number of fused-ring (bicyclic) bond motifs is 1. The van der Waals surface area contributed by atoms with Gasteiger partial charge in [-0.3, -0.25) is 14.2 Å². The Morgan fingerprint density at radius 3 is 2.76 bits per heavy atom. The van der Waals surface area contributed by atoms with Crippen molar-refractivity contribution in [3.63, 3.8) is 0 Å². The van der Waals surface area contributed by atoms with Gasteiger partial charge in [-0.2, -0.15) is 0 Å². The van der Waals surface area contributed by atoms with Crippen molar-refractivity contribution in [2.24, 2.45) is 5.92 Å². The molecule has 0 unspecified atom stereocenters. The molecular weight excluding hydrogens is 382 g/mol. The number of carbonyl (C=O) groups is 1. The van der Waals surface area contributed by atoms with Crippen LogP contribution in [0.2, 0.25) is 0 Å². The molecule has 3 aromatic rings. The lowest BCUT2D eigenvalue weighted by Gasteiger charge is -2.22. The number of hydrogen-bond acceptors (Lipinski definition) is 4. The average molecular weight is 410 g/mol. The first-order valence-electron chi connectivity index (χ1n) is 10.3. The zero-order valence-corrected chi connectivity index (χ0v) is 18.1. The normalized spacial score (nSPS) is 13.8. The third-order valence-electron chi connectivity index (χ3n) is 5.71. The van der Waals surface area contributed by atoms with Crippen LogP contribution in [0.4, 0.5) is 0 Å². The van der Waals surface area contributed by atoms with E-state index in [1.54, 1.807) is 0 Å². The van der Waals surface area contributed by atoms with Crippen LogP contribution < -0.4 is 5.56 Å². The number of thiophene rings is 1. The van der Waals surface area contributed by atoms with Gasteiger partial charge in [-0.05, 0) is 55.7 Å². The van der Waals surface area contributed by atoms with Crippen LogP contribution in [0, 0.1) is 19.8 Å². The van der Waals surface area contributed by atoms with Crippen LogP contribution in [0.1, 0.15) is 37.3 Å². The van der Waals surface area contributed by atoms with Gasteiger partial charge in [-0.15, -0.1) is 11.3 Å². The topological polar surface area (TPSA) is 55.2 Å². The summed E-state index contributed by atoms with van der Waals surface area (Å²) in [5.74, 6) is 0.640. The zero-order chi connectivity index (χ0) is 20.5. The van der Waals surface area contributed by atoms with Gasteiger partial charge in [0.15, 0.2) is 0 Å². The molecule has 0 N–H and O–H groups in total. The summed E-state index contributed by atoms with van der Waals surface area (Å²) in [5.41, 5.74) is 4.19. The van der Waals surface area contributed by atoms with Crippen LogP contribution in [0.5, 0.6) is 0 Å². The maximum absolute atomic E-state index is 13.2. The highest BCUT2D eigenvalue weighted by Gasteiger charge is 2.26. The van der Waals surface area contributed by atoms with Gasteiger partial charge in [0.1, 0.15) is 11.4 Å². The Morgan fingerprint density at radius 1 is 1.28 bits per heavy atom. The first kappa shape index (κ1) is 19.8. The molecule has 0 atom stereocenters. The van der Waals surface area contributed by atoms with E-state index < -0.39 is 0 Å². The van der Waals surface area contributed by atoms with Crippen LogP contribution in [0.15, 0.2) is 34.7 Å². The van der Waals surface area contributed by atoms with Crippen molar-refractivity contribution in [1.29, 1.82) is 0 Å². The highest BCUT2D eigenvalue weighted by atomic mass is 32.1. The monoisotopic (exact) mass is 409 g/mol. The SMILES string of the molecule is CCCN(CC1CC1)C(=O)Cn1cnc2scc(-c3ccc(C)c(C)c3)c2c1=O. The third kappa shape index (κ3) is 4.13. The predicted octanol–water partition coefficient (Wildman–Crippen LogP) is 4.39. The highest BCUT2D eigenvalue weighted by molar-refractivity contribution is 7.17. The highest BCUT2D eigenvalue weighted by Crippen LogP contribution is 2.32. The molecule has 29 heavy (non-hydrogen) atoms. The summed E-state index contributed by atoms with van der Waals surface area (Å²) in [6, 6.07) is 6.23. The summed E-state index contributed by atoms with van der Waals surface area (Å²) >= 11 is 1.47. The van der Waals surface area contributed by atoms with Crippen molar-refractivity contribution in [1.82, 2.24) is 14.5 Å². The van der Waals surface area contributed by atoms with Crippen LogP contribution in [-0.4, -0.2) is 33.4 Å². The second kappa shape index (κ2) is 8.11. The second-order valence-electron chi connectivity index (χ2n) is 8.09. The number of benzene rings is 1. The Bertz CT molecular complexity index is 1110. The standard InChI is InChI=1S/C23H27N3O2S/c1-4-9-25(11-17-6-7-17)20(27)12-26-14-24-22-21(23(26)28)19(13-29-22)18-8-5-15(2)16(3)10-18/h5,8,10,13-14,17H,4,6-7,9,11-12H2,1-3H3. The quantitative estimate of drug-likeness (QED) is 0.581. The van der Waals surface area contributed by atoms with Crippen molar-refractivity contribution >= 4 is 27.5 Å². The summed E-state index contributed by atoms with van der Waals surface area (Å²) in [7, 11) is 0. The van der Waals surface area contributed by atoms with Crippen molar-refractivity contribution in [2.75, 3.05) is 13.1 Å². The Kier molecular flexibility index (Phi) is 5.54. The molecule has 1 fully saturated rings. The first-order chi connectivity index (χ1) is 14.0. The number of amides is 1. The van der Waals surface area contributed by atoms with Gasteiger partial charge < -0.3 is 4.90 Å². The molecule has 2 aromatic heterocycles. The molecule has 0 radical (unpaired) electrons. The van der Waals surface area contributed by atoms with Crippen LogP contribution in [-0.2, 0) is 11.3 Å². The number of aryl methyl sites for hydroxylation is 2. The minimum absolute atomic E-state index is 0.00459. The van der Waals surface area contributed by atoms with Gasteiger partial charge in [0.25, 0.3) is 5.56 Å². The fraction of sp³-hybridized carbons (Fsp3) is 0.435. The molecule has 6 heteroatoms. The molecule has 1 saturated carbocycles. The number of hydrogen-bond donors (Lipinski definition) is 0. The molecule has 1 aliphatic rings. The van der Waals surface area contributed by atoms with E-state index in [4.69, 9.17) is 0 Å². The number of rotatable bonds is 7. The molecule has 1 aromatic carbocycles. The molecule has 1 amide bonds. The fourth-order valence-electron chi connectivity index (χ4n) is 3.65. The summed E-state index contributed by atoms with van der Waals surface area (Å²) in [5, 5.41) is 2.60. The zero-order valence-electron chi connectivity index (χ0n) is 17.3. The minimum Gasteiger partial charge on any atom is -0.341 e. The maximum atomic E-state index is 13.2. The summed E-state index contributed by atoms with van der Waals surface area (Å²) in [4.78, 5) is 33.2. The van der Waals surface area contributed by atoms with Gasteiger partial charge >= 0.3 is 0 Å². The van der Waals surface area contributed by atoms with Crippen molar-refractivity contribution in [3.05, 3.63) is 51.4 Å². The van der Waals surface area contributed by atoms with Gasteiger partial charge in [0.2, 0.25) is 5.91 Å². The van der Waals surface area contributed by atoms with E-state index in [2.05, 4.69) is 37.9 Å². The van der Waals surface area contributed by atoms with Crippen molar-refractivity contribution in [3.8, 4) is 11.1 Å². The molecule has 152 valence electrons. The fourth-order valence-corrected chi connectivity index (χ4v) is 4.55. The molecular formula is C23H27N3O2S. The van der Waals surface area contributed by atoms with E-state index in [1.807, 2.05) is 16.3 Å². The van der Waals surface area contributed by atoms with E-state index in [-0.39, 0.29) is 18.0 Å². The van der Waals surface area contributed by atoms with Gasteiger partial charge in [0.05, 0.1) is 11.7 Å². The Balaban J connectivity index is 1.67. The molecule has 0 spiro atoms. The lowest BCUT2D eigenvalue weighted by atomic mass is 10.0. The van der Waals surface area contributed by atoms with Crippen LogP contribution in [0.25, 0.3) is 21.3 Å². The van der Waals surface area contributed by atoms with Gasteiger partial charge in [0, 0.05) is 24.0 Å². The Morgan fingerprint density at radius 2 is 2.07 bits per heavy atom. The number of aromatic nitrogens is 2. The van der Waals surface area contributed by atoms with Crippen molar-refractivity contribution < 1.29 is 4.79 Å². The molecule has 2 heterocycles. The van der Waals surface area contributed by atoms with Gasteiger partial charge in [-0.25, -0.2) is 4.98 Å². The van der Waals surface area contributed by atoms with E-state index in [0.29, 0.717) is 11.3 Å². The minimum atomic E-state index is -0.138. The molecule has 0 saturated heterocycles. The van der Waals surface area contributed by atoms with Crippen LogP contribution >= 0.6 is 11.3 Å². The van der Waals surface area contributed by atoms with E-state index >= 15 is 0 Å². The molecule has 4 rings (SSSR count). The number of carbonyl (C=O) groups excluding carboxylic acids is 1.